The lowest BCUT2D eigenvalue weighted by molar-refractivity contribution is 0.0545. The summed E-state index contributed by atoms with van der Waals surface area (Å²) in [5.74, 6) is 1.75. The van der Waals surface area contributed by atoms with Gasteiger partial charge < -0.3 is 19.9 Å². The van der Waals surface area contributed by atoms with E-state index in [9.17, 15) is 4.79 Å². The molecule has 2 amide bonds. The Hall–Kier alpha value is -2.08. The van der Waals surface area contributed by atoms with Crippen molar-refractivity contribution in [1.82, 2.24) is 20.2 Å². The number of rotatable bonds is 6. The van der Waals surface area contributed by atoms with Crippen LogP contribution in [0, 0.1) is 11.8 Å². The zero-order valence-corrected chi connectivity index (χ0v) is 15.3. The number of amides is 2. The molecule has 1 aromatic heterocycles. The van der Waals surface area contributed by atoms with Crippen LogP contribution in [0.3, 0.4) is 0 Å². The molecule has 136 valence electrons. The molecule has 6 nitrogen and oxygen atoms in total. The predicted octanol–water partition coefficient (Wildman–Crippen LogP) is 2.92. The predicted molar refractivity (Wildman–Crippen MR) is 98.3 cm³/mol. The molecule has 2 unspecified atom stereocenters. The van der Waals surface area contributed by atoms with Gasteiger partial charge in [-0.3, -0.25) is 0 Å². The third-order valence-electron chi connectivity index (χ3n) is 4.90. The van der Waals surface area contributed by atoms with E-state index in [0.717, 1.165) is 36.4 Å². The summed E-state index contributed by atoms with van der Waals surface area (Å²) in [7, 11) is 0. The van der Waals surface area contributed by atoms with Crippen molar-refractivity contribution < 1.29 is 9.53 Å². The first kappa shape index (κ1) is 17.7. The average molecular weight is 344 g/mol. The van der Waals surface area contributed by atoms with Crippen LogP contribution < -0.4 is 10.6 Å². The van der Waals surface area contributed by atoms with E-state index >= 15 is 0 Å². The molecule has 0 radical (unpaired) electrons. The van der Waals surface area contributed by atoms with Gasteiger partial charge in [0.25, 0.3) is 0 Å². The van der Waals surface area contributed by atoms with Gasteiger partial charge >= 0.3 is 6.03 Å². The number of carbonyl (C=O) groups excluding carboxylic acids is 1. The summed E-state index contributed by atoms with van der Waals surface area (Å²) in [6.45, 7) is 9.11. The Morgan fingerprint density at radius 3 is 2.92 bits per heavy atom. The van der Waals surface area contributed by atoms with Gasteiger partial charge in [0.05, 0.1) is 23.7 Å². The van der Waals surface area contributed by atoms with Crippen molar-refractivity contribution >= 4 is 17.1 Å². The SMILES string of the molecule is CCn1c(CNC(=O)NCC2CCOC2C(C)C)nc2ccccc21. The van der Waals surface area contributed by atoms with Crippen LogP contribution in [0.1, 0.15) is 33.0 Å². The van der Waals surface area contributed by atoms with Crippen molar-refractivity contribution in [1.29, 1.82) is 0 Å². The molecule has 2 heterocycles. The summed E-state index contributed by atoms with van der Waals surface area (Å²) in [4.78, 5) is 16.8. The van der Waals surface area contributed by atoms with Crippen LogP contribution in [0.5, 0.6) is 0 Å². The summed E-state index contributed by atoms with van der Waals surface area (Å²) in [5, 5.41) is 5.91. The van der Waals surface area contributed by atoms with Gasteiger partial charge in [-0.05, 0) is 31.4 Å². The molecule has 1 aromatic carbocycles. The van der Waals surface area contributed by atoms with E-state index in [4.69, 9.17) is 4.74 Å². The molecule has 0 saturated carbocycles. The minimum Gasteiger partial charge on any atom is -0.378 e. The molecule has 3 rings (SSSR count). The molecule has 2 atom stereocenters. The number of benzene rings is 1. The summed E-state index contributed by atoms with van der Waals surface area (Å²) >= 11 is 0. The normalized spacial score (nSPS) is 20.3. The Morgan fingerprint density at radius 1 is 1.36 bits per heavy atom. The van der Waals surface area contributed by atoms with Crippen molar-refractivity contribution in [3.63, 3.8) is 0 Å². The first-order chi connectivity index (χ1) is 12.1. The van der Waals surface area contributed by atoms with Crippen LogP contribution in [0.25, 0.3) is 11.0 Å². The monoisotopic (exact) mass is 344 g/mol. The number of nitrogens with zero attached hydrogens (tertiary/aromatic N) is 2. The topological polar surface area (TPSA) is 68.2 Å². The maximum atomic E-state index is 12.2. The van der Waals surface area contributed by atoms with E-state index < -0.39 is 0 Å². The van der Waals surface area contributed by atoms with Crippen molar-refractivity contribution in [2.75, 3.05) is 13.2 Å². The maximum Gasteiger partial charge on any atom is 0.315 e. The molecule has 6 heteroatoms. The van der Waals surface area contributed by atoms with Gasteiger partial charge in [0.1, 0.15) is 5.82 Å². The molecule has 0 aliphatic carbocycles. The summed E-state index contributed by atoms with van der Waals surface area (Å²) in [5.41, 5.74) is 2.06. The summed E-state index contributed by atoms with van der Waals surface area (Å²) in [6, 6.07) is 7.89. The van der Waals surface area contributed by atoms with Crippen LogP contribution in [0.4, 0.5) is 4.79 Å². The zero-order chi connectivity index (χ0) is 17.8. The smallest absolute Gasteiger partial charge is 0.315 e. The number of aryl methyl sites for hydroxylation is 1. The molecule has 2 N–H and O–H groups in total. The number of fused-ring (bicyclic) bond motifs is 1. The molecular formula is C19H28N4O2. The first-order valence-electron chi connectivity index (χ1n) is 9.17. The Bertz CT molecular complexity index is 725. The van der Waals surface area contributed by atoms with E-state index in [1.165, 1.54) is 0 Å². The Labute approximate surface area is 149 Å². The second-order valence-electron chi connectivity index (χ2n) is 6.95. The highest BCUT2D eigenvalue weighted by molar-refractivity contribution is 5.76. The number of ether oxygens (including phenoxy) is 1. The third-order valence-corrected chi connectivity index (χ3v) is 4.90. The number of nitrogens with one attached hydrogen (secondary N) is 2. The lowest BCUT2D eigenvalue weighted by atomic mass is 9.93. The van der Waals surface area contributed by atoms with Gasteiger partial charge in [-0.1, -0.05) is 26.0 Å². The van der Waals surface area contributed by atoms with Gasteiger partial charge in [-0.2, -0.15) is 0 Å². The number of para-hydroxylation sites is 2. The van der Waals surface area contributed by atoms with E-state index in [-0.39, 0.29) is 12.1 Å². The number of imidazole rings is 1. The Balaban J connectivity index is 1.54. The standard InChI is InChI=1S/C19H28N4O2/c1-4-23-16-8-6-5-7-15(16)22-17(23)12-21-19(24)20-11-14-9-10-25-18(14)13(2)3/h5-8,13-14,18H,4,9-12H2,1-3H3,(H2,20,21,24). The zero-order valence-electron chi connectivity index (χ0n) is 15.3. The molecular weight excluding hydrogens is 316 g/mol. The second-order valence-corrected chi connectivity index (χ2v) is 6.95. The van der Waals surface area contributed by atoms with Crippen molar-refractivity contribution in [3.05, 3.63) is 30.1 Å². The molecule has 25 heavy (non-hydrogen) atoms. The van der Waals surface area contributed by atoms with Crippen LogP contribution in [-0.2, 0) is 17.8 Å². The van der Waals surface area contributed by atoms with Gasteiger partial charge in [0.2, 0.25) is 0 Å². The highest BCUT2D eigenvalue weighted by Crippen LogP contribution is 2.26. The molecule has 2 aromatic rings. The average Bonchev–Trinajstić information content (AvgIpc) is 3.21. The van der Waals surface area contributed by atoms with Gasteiger partial charge in [0.15, 0.2) is 0 Å². The largest absolute Gasteiger partial charge is 0.378 e. The van der Waals surface area contributed by atoms with Crippen molar-refractivity contribution in [2.45, 2.75) is 46.4 Å². The van der Waals surface area contributed by atoms with E-state index in [2.05, 4.69) is 47.0 Å². The second kappa shape index (κ2) is 7.87. The molecule has 0 bridgehead atoms. The van der Waals surface area contributed by atoms with Crippen molar-refractivity contribution in [2.24, 2.45) is 11.8 Å². The summed E-state index contributed by atoms with van der Waals surface area (Å²) in [6.07, 6.45) is 1.25. The first-order valence-corrected chi connectivity index (χ1v) is 9.17. The number of aromatic nitrogens is 2. The van der Waals surface area contributed by atoms with E-state index in [0.29, 0.717) is 24.9 Å². The number of hydrogen-bond acceptors (Lipinski definition) is 3. The number of carbonyl (C=O) groups is 1. The Morgan fingerprint density at radius 2 is 2.16 bits per heavy atom. The molecule has 1 fully saturated rings. The minimum absolute atomic E-state index is 0.149. The highest BCUT2D eigenvalue weighted by Gasteiger charge is 2.30. The van der Waals surface area contributed by atoms with Gasteiger partial charge in [0, 0.05) is 25.6 Å². The molecule has 1 aliphatic heterocycles. The van der Waals surface area contributed by atoms with Gasteiger partial charge in [-0.25, -0.2) is 9.78 Å². The number of urea groups is 1. The lowest BCUT2D eigenvalue weighted by Crippen LogP contribution is -2.40. The number of hydrogen-bond donors (Lipinski definition) is 2. The third kappa shape index (κ3) is 3.95. The van der Waals surface area contributed by atoms with Crippen LogP contribution in [-0.4, -0.2) is 34.8 Å². The minimum atomic E-state index is -0.149. The summed E-state index contributed by atoms with van der Waals surface area (Å²) < 4.78 is 7.90. The van der Waals surface area contributed by atoms with Gasteiger partial charge in [-0.15, -0.1) is 0 Å². The highest BCUT2D eigenvalue weighted by atomic mass is 16.5. The molecule has 1 saturated heterocycles. The molecule has 0 spiro atoms. The maximum absolute atomic E-state index is 12.2. The fourth-order valence-corrected chi connectivity index (χ4v) is 3.67. The fourth-order valence-electron chi connectivity index (χ4n) is 3.67. The van der Waals surface area contributed by atoms with Crippen molar-refractivity contribution in [3.8, 4) is 0 Å². The van der Waals surface area contributed by atoms with E-state index in [1.807, 2.05) is 18.2 Å². The molecule has 1 aliphatic rings. The Kier molecular flexibility index (Phi) is 5.58. The van der Waals surface area contributed by atoms with E-state index in [1.54, 1.807) is 0 Å². The van der Waals surface area contributed by atoms with Crippen LogP contribution in [0.2, 0.25) is 0 Å². The fraction of sp³-hybridized carbons (Fsp3) is 0.579. The van der Waals surface area contributed by atoms with Crippen LogP contribution >= 0.6 is 0 Å². The van der Waals surface area contributed by atoms with Crippen LogP contribution in [0.15, 0.2) is 24.3 Å². The quantitative estimate of drug-likeness (QED) is 0.847. The lowest BCUT2D eigenvalue weighted by Gasteiger charge is -2.22.